The summed E-state index contributed by atoms with van der Waals surface area (Å²) in [5, 5.41) is 12.7. The van der Waals surface area contributed by atoms with Gasteiger partial charge in [0.2, 0.25) is 5.91 Å². The molecule has 0 unspecified atom stereocenters. The molecule has 0 aromatic rings. The smallest absolute Gasteiger partial charge is 0.240 e. The zero-order valence-corrected chi connectivity index (χ0v) is 11.4. The molecule has 18 heavy (non-hydrogen) atoms. The molecule has 2 saturated carbocycles. The second kappa shape index (κ2) is 5.17. The molecular weight excluding hydrogens is 228 g/mol. The van der Waals surface area contributed by atoms with Crippen molar-refractivity contribution in [3.63, 3.8) is 0 Å². The van der Waals surface area contributed by atoms with Crippen LogP contribution in [0, 0.1) is 5.92 Å². The lowest BCUT2D eigenvalue weighted by Gasteiger charge is -2.40. The summed E-state index contributed by atoms with van der Waals surface area (Å²) >= 11 is 0. The molecule has 4 N–H and O–H groups in total. The van der Waals surface area contributed by atoms with Crippen LogP contribution in [0.15, 0.2) is 0 Å². The molecule has 0 heterocycles. The summed E-state index contributed by atoms with van der Waals surface area (Å²) in [6, 6.07) is 0. The minimum atomic E-state index is -0.689. The molecule has 4 nitrogen and oxygen atoms in total. The number of aliphatic hydroxyl groups is 1. The third-order valence-electron chi connectivity index (χ3n) is 4.86. The van der Waals surface area contributed by atoms with Crippen molar-refractivity contribution in [2.24, 2.45) is 11.7 Å². The first kappa shape index (κ1) is 13.8. The predicted molar refractivity (Wildman–Crippen MR) is 71.0 cm³/mol. The maximum atomic E-state index is 12.3. The van der Waals surface area contributed by atoms with E-state index in [0.29, 0.717) is 5.92 Å². The minimum Gasteiger partial charge on any atom is -0.394 e. The third kappa shape index (κ3) is 2.69. The molecule has 2 rings (SSSR count). The second-order valence-corrected chi connectivity index (χ2v) is 6.44. The SMILES string of the molecule is CC1CCC(CO)(NC(=O)C2(N)CCCC2)CC1. The summed E-state index contributed by atoms with van der Waals surface area (Å²) in [5.74, 6) is 0.642. The van der Waals surface area contributed by atoms with Gasteiger partial charge in [-0.2, -0.15) is 0 Å². The maximum Gasteiger partial charge on any atom is 0.240 e. The molecule has 2 aliphatic carbocycles. The van der Waals surface area contributed by atoms with Gasteiger partial charge in [-0.15, -0.1) is 0 Å². The van der Waals surface area contributed by atoms with Crippen LogP contribution in [0.5, 0.6) is 0 Å². The summed E-state index contributed by atoms with van der Waals surface area (Å²) in [6.45, 7) is 2.26. The predicted octanol–water partition coefficient (Wildman–Crippen LogP) is 1.32. The van der Waals surface area contributed by atoms with Crippen LogP contribution in [0.25, 0.3) is 0 Å². The number of nitrogens with two attached hydrogens (primary N) is 1. The van der Waals surface area contributed by atoms with Crippen LogP contribution in [0.2, 0.25) is 0 Å². The summed E-state index contributed by atoms with van der Waals surface area (Å²) in [6.07, 6.45) is 7.49. The Morgan fingerprint density at radius 3 is 2.33 bits per heavy atom. The number of rotatable bonds is 3. The topological polar surface area (TPSA) is 75.3 Å². The summed E-state index contributed by atoms with van der Waals surface area (Å²) in [5.41, 5.74) is 5.06. The van der Waals surface area contributed by atoms with Gasteiger partial charge in [-0.25, -0.2) is 0 Å². The van der Waals surface area contributed by atoms with Crippen molar-refractivity contribution in [3.05, 3.63) is 0 Å². The van der Waals surface area contributed by atoms with Crippen molar-refractivity contribution >= 4 is 5.91 Å². The number of aliphatic hydroxyl groups excluding tert-OH is 1. The molecule has 1 amide bonds. The summed E-state index contributed by atoms with van der Waals surface area (Å²) in [4.78, 5) is 12.3. The first-order valence-corrected chi connectivity index (χ1v) is 7.22. The number of carbonyl (C=O) groups excluding carboxylic acids is 1. The maximum absolute atomic E-state index is 12.3. The minimum absolute atomic E-state index is 0.0293. The molecular formula is C14H26N2O2. The lowest BCUT2D eigenvalue weighted by molar-refractivity contribution is -0.129. The molecule has 0 bridgehead atoms. The Hall–Kier alpha value is -0.610. The molecule has 0 spiro atoms. The van der Waals surface area contributed by atoms with Gasteiger partial charge >= 0.3 is 0 Å². The highest BCUT2D eigenvalue weighted by atomic mass is 16.3. The van der Waals surface area contributed by atoms with Gasteiger partial charge in [0.25, 0.3) is 0 Å². The van der Waals surface area contributed by atoms with E-state index in [1.54, 1.807) is 0 Å². The van der Waals surface area contributed by atoms with Gasteiger partial charge in [-0.3, -0.25) is 4.79 Å². The first-order chi connectivity index (χ1) is 8.50. The van der Waals surface area contributed by atoms with Crippen molar-refractivity contribution in [2.45, 2.75) is 69.4 Å². The van der Waals surface area contributed by atoms with E-state index in [-0.39, 0.29) is 12.5 Å². The van der Waals surface area contributed by atoms with Crippen LogP contribution in [0.4, 0.5) is 0 Å². The Bertz CT molecular complexity index is 303. The van der Waals surface area contributed by atoms with Crippen molar-refractivity contribution in [3.8, 4) is 0 Å². The molecule has 4 heteroatoms. The normalized spacial score (nSPS) is 35.4. The molecule has 0 aliphatic heterocycles. The average molecular weight is 254 g/mol. The Balaban J connectivity index is 1.99. The van der Waals surface area contributed by atoms with Gasteiger partial charge in [0.05, 0.1) is 17.7 Å². The zero-order chi connectivity index (χ0) is 13.2. The van der Waals surface area contributed by atoms with Crippen molar-refractivity contribution in [1.29, 1.82) is 0 Å². The quantitative estimate of drug-likeness (QED) is 0.711. The second-order valence-electron chi connectivity index (χ2n) is 6.44. The van der Waals surface area contributed by atoms with Crippen LogP contribution in [0.3, 0.4) is 0 Å². The van der Waals surface area contributed by atoms with E-state index in [1.165, 1.54) is 0 Å². The Morgan fingerprint density at radius 2 is 1.83 bits per heavy atom. The van der Waals surface area contributed by atoms with E-state index in [4.69, 9.17) is 5.73 Å². The fraction of sp³-hybridized carbons (Fsp3) is 0.929. The van der Waals surface area contributed by atoms with Crippen molar-refractivity contribution < 1.29 is 9.90 Å². The van der Waals surface area contributed by atoms with Gasteiger partial charge in [0.15, 0.2) is 0 Å². The molecule has 0 aromatic carbocycles. The van der Waals surface area contributed by atoms with E-state index in [9.17, 15) is 9.90 Å². The Morgan fingerprint density at radius 1 is 1.28 bits per heavy atom. The third-order valence-corrected chi connectivity index (χ3v) is 4.86. The Labute approximate surface area is 109 Å². The first-order valence-electron chi connectivity index (χ1n) is 7.22. The molecule has 0 aromatic heterocycles. The monoisotopic (exact) mass is 254 g/mol. The van der Waals surface area contributed by atoms with Crippen molar-refractivity contribution in [1.82, 2.24) is 5.32 Å². The summed E-state index contributed by atoms with van der Waals surface area (Å²) < 4.78 is 0. The number of hydrogen-bond acceptors (Lipinski definition) is 3. The van der Waals surface area contributed by atoms with E-state index in [1.807, 2.05) is 0 Å². The van der Waals surface area contributed by atoms with Crippen LogP contribution < -0.4 is 11.1 Å². The standard InChI is InChI=1S/C14H26N2O2/c1-11-4-8-13(10-17,9-5-11)16-12(18)14(15)6-2-3-7-14/h11,17H,2-10,15H2,1H3,(H,16,18). The van der Waals surface area contributed by atoms with Crippen LogP contribution >= 0.6 is 0 Å². The molecule has 2 aliphatic rings. The largest absolute Gasteiger partial charge is 0.394 e. The highest BCUT2D eigenvalue weighted by Crippen LogP contribution is 2.33. The summed E-state index contributed by atoms with van der Waals surface area (Å²) in [7, 11) is 0. The van der Waals surface area contributed by atoms with Crippen molar-refractivity contribution in [2.75, 3.05) is 6.61 Å². The molecule has 0 saturated heterocycles. The fourth-order valence-electron chi connectivity index (χ4n) is 3.24. The molecule has 104 valence electrons. The fourth-order valence-corrected chi connectivity index (χ4v) is 3.24. The van der Waals surface area contributed by atoms with Gasteiger partial charge in [-0.05, 0) is 44.4 Å². The zero-order valence-electron chi connectivity index (χ0n) is 11.4. The van der Waals surface area contributed by atoms with E-state index >= 15 is 0 Å². The van der Waals surface area contributed by atoms with Gasteiger partial charge < -0.3 is 16.2 Å². The average Bonchev–Trinajstić information content (AvgIpc) is 2.81. The van der Waals surface area contributed by atoms with E-state index in [2.05, 4.69) is 12.2 Å². The lowest BCUT2D eigenvalue weighted by atomic mass is 9.77. The lowest BCUT2D eigenvalue weighted by Crippen LogP contribution is -2.61. The van der Waals surface area contributed by atoms with Crippen LogP contribution in [0.1, 0.15) is 58.3 Å². The van der Waals surface area contributed by atoms with Gasteiger partial charge in [0.1, 0.15) is 0 Å². The van der Waals surface area contributed by atoms with Crippen LogP contribution in [-0.2, 0) is 4.79 Å². The van der Waals surface area contributed by atoms with Gasteiger partial charge in [0, 0.05) is 0 Å². The number of amides is 1. The molecule has 0 atom stereocenters. The number of nitrogens with one attached hydrogen (secondary N) is 1. The van der Waals surface area contributed by atoms with E-state index in [0.717, 1.165) is 51.4 Å². The van der Waals surface area contributed by atoms with Gasteiger partial charge in [-0.1, -0.05) is 19.8 Å². The number of hydrogen-bond donors (Lipinski definition) is 3. The molecule has 2 fully saturated rings. The molecule has 0 radical (unpaired) electrons. The highest BCUT2D eigenvalue weighted by Gasteiger charge is 2.42. The Kier molecular flexibility index (Phi) is 3.97. The van der Waals surface area contributed by atoms with Crippen LogP contribution in [-0.4, -0.2) is 28.7 Å². The van der Waals surface area contributed by atoms with E-state index < -0.39 is 11.1 Å². The highest BCUT2D eigenvalue weighted by molar-refractivity contribution is 5.87. The number of carbonyl (C=O) groups is 1.